The molecule has 2 aliphatic heterocycles. The van der Waals surface area contributed by atoms with Crippen molar-refractivity contribution >= 4 is 29.9 Å². The van der Waals surface area contributed by atoms with Crippen LogP contribution in [0.2, 0.25) is 0 Å². The molecule has 2 heterocycles. The van der Waals surface area contributed by atoms with Crippen LogP contribution in [-0.2, 0) is 5.41 Å². The lowest BCUT2D eigenvalue weighted by atomic mass is 9.78. The number of guanidine groups is 1. The third-order valence-corrected chi connectivity index (χ3v) is 7.13. The molecule has 0 aromatic heterocycles. The van der Waals surface area contributed by atoms with Crippen molar-refractivity contribution in [2.45, 2.75) is 69.9 Å². The monoisotopic (exact) mass is 542 g/mol. The van der Waals surface area contributed by atoms with Gasteiger partial charge in [-0.15, -0.1) is 24.0 Å². The number of ether oxygens (including phenoxy) is 2. The molecule has 0 unspecified atom stereocenters. The lowest BCUT2D eigenvalue weighted by Crippen LogP contribution is -2.51. The average Bonchev–Trinajstić information content (AvgIpc) is 3.27. The van der Waals surface area contributed by atoms with Crippen molar-refractivity contribution in [3.05, 3.63) is 23.8 Å². The van der Waals surface area contributed by atoms with Gasteiger partial charge in [-0.25, -0.2) is 0 Å². The first-order chi connectivity index (χ1) is 14.6. The average molecular weight is 543 g/mol. The van der Waals surface area contributed by atoms with Crippen LogP contribution in [0.25, 0.3) is 0 Å². The molecule has 0 bridgehead atoms. The van der Waals surface area contributed by atoms with Crippen LogP contribution < -0.4 is 20.1 Å². The van der Waals surface area contributed by atoms with E-state index in [0.29, 0.717) is 25.3 Å². The highest BCUT2D eigenvalue weighted by Gasteiger charge is 2.36. The summed E-state index contributed by atoms with van der Waals surface area (Å²) in [6, 6.07) is 7.66. The Morgan fingerprint density at radius 1 is 1.13 bits per heavy atom. The molecule has 0 radical (unpaired) electrons. The normalized spacial score (nSPS) is 21.6. The van der Waals surface area contributed by atoms with Crippen LogP contribution in [0.15, 0.2) is 23.2 Å². The fourth-order valence-corrected chi connectivity index (χ4v) is 5.19. The lowest BCUT2D eigenvalue weighted by molar-refractivity contribution is 0.167. The second-order valence-electron chi connectivity index (χ2n) is 9.32. The summed E-state index contributed by atoms with van der Waals surface area (Å²) in [6.07, 6.45) is 7.29. The SMILES string of the molecule is CN=C(NCC1(c2ccc3c(c2)OCCO3)CCCC1)NC1CCN(C(C)C)CC1.I. The van der Waals surface area contributed by atoms with E-state index in [4.69, 9.17) is 9.47 Å². The van der Waals surface area contributed by atoms with Gasteiger partial charge in [0.2, 0.25) is 0 Å². The molecule has 1 saturated carbocycles. The molecule has 174 valence electrons. The molecule has 4 rings (SSSR count). The summed E-state index contributed by atoms with van der Waals surface area (Å²) in [5.74, 6) is 2.70. The minimum absolute atomic E-state index is 0. The van der Waals surface area contributed by atoms with Crippen molar-refractivity contribution in [2.75, 3.05) is 39.9 Å². The number of piperidine rings is 1. The van der Waals surface area contributed by atoms with Crippen molar-refractivity contribution in [3.63, 3.8) is 0 Å². The molecule has 1 aliphatic carbocycles. The highest BCUT2D eigenvalue weighted by Crippen LogP contribution is 2.43. The predicted octanol–water partition coefficient (Wildman–Crippen LogP) is 3.93. The van der Waals surface area contributed by atoms with Crippen LogP contribution in [-0.4, -0.2) is 62.8 Å². The van der Waals surface area contributed by atoms with Crippen molar-refractivity contribution in [1.29, 1.82) is 0 Å². The number of aliphatic imine (C=N–C) groups is 1. The molecular weight excluding hydrogens is 503 g/mol. The Morgan fingerprint density at radius 2 is 1.81 bits per heavy atom. The third-order valence-electron chi connectivity index (χ3n) is 7.13. The van der Waals surface area contributed by atoms with E-state index in [1.807, 2.05) is 7.05 Å². The number of hydrogen-bond donors (Lipinski definition) is 2. The topological polar surface area (TPSA) is 58.1 Å². The van der Waals surface area contributed by atoms with E-state index in [1.54, 1.807) is 0 Å². The summed E-state index contributed by atoms with van der Waals surface area (Å²) in [7, 11) is 1.88. The number of nitrogens with one attached hydrogen (secondary N) is 2. The third kappa shape index (κ3) is 5.78. The molecule has 0 amide bonds. The van der Waals surface area contributed by atoms with Gasteiger partial charge in [0.1, 0.15) is 13.2 Å². The van der Waals surface area contributed by atoms with E-state index < -0.39 is 0 Å². The van der Waals surface area contributed by atoms with Crippen molar-refractivity contribution in [2.24, 2.45) is 4.99 Å². The molecule has 2 fully saturated rings. The van der Waals surface area contributed by atoms with E-state index in [9.17, 15) is 0 Å². The Kier molecular flexibility index (Phi) is 8.73. The van der Waals surface area contributed by atoms with Gasteiger partial charge in [-0.2, -0.15) is 0 Å². The molecule has 1 aromatic rings. The first-order valence-electron chi connectivity index (χ1n) is 11.7. The number of hydrogen-bond acceptors (Lipinski definition) is 4. The largest absolute Gasteiger partial charge is 0.486 e. The van der Waals surface area contributed by atoms with Gasteiger partial charge in [0, 0.05) is 44.2 Å². The zero-order chi connectivity index (χ0) is 21.0. The molecule has 3 aliphatic rings. The Labute approximate surface area is 204 Å². The fourth-order valence-electron chi connectivity index (χ4n) is 5.19. The maximum absolute atomic E-state index is 5.86. The Balaban J connectivity index is 0.00000272. The minimum atomic E-state index is 0. The van der Waals surface area contributed by atoms with E-state index in [-0.39, 0.29) is 29.4 Å². The molecule has 0 atom stereocenters. The standard InChI is InChI=1S/C24H38N4O2.HI/c1-18(2)28-12-8-20(9-13-28)27-23(25-3)26-17-24(10-4-5-11-24)19-6-7-21-22(16-19)30-15-14-29-21;/h6-7,16,18,20H,4-5,8-15,17H2,1-3H3,(H2,25,26,27);1H. The maximum Gasteiger partial charge on any atom is 0.191 e. The van der Waals surface area contributed by atoms with Crippen molar-refractivity contribution < 1.29 is 9.47 Å². The van der Waals surface area contributed by atoms with E-state index in [0.717, 1.165) is 37.1 Å². The molecule has 2 N–H and O–H groups in total. The zero-order valence-electron chi connectivity index (χ0n) is 19.3. The van der Waals surface area contributed by atoms with E-state index >= 15 is 0 Å². The molecule has 0 spiro atoms. The highest BCUT2D eigenvalue weighted by molar-refractivity contribution is 14.0. The molecule has 1 saturated heterocycles. The summed E-state index contributed by atoms with van der Waals surface area (Å²) in [5.41, 5.74) is 1.49. The fraction of sp³-hybridized carbons (Fsp3) is 0.708. The van der Waals surface area contributed by atoms with Crippen LogP contribution in [0, 0.1) is 0 Å². The second-order valence-corrected chi connectivity index (χ2v) is 9.32. The summed E-state index contributed by atoms with van der Waals surface area (Å²) in [4.78, 5) is 7.09. The van der Waals surface area contributed by atoms with Crippen LogP contribution >= 0.6 is 24.0 Å². The quantitative estimate of drug-likeness (QED) is 0.336. The van der Waals surface area contributed by atoms with Crippen LogP contribution in [0.4, 0.5) is 0 Å². The van der Waals surface area contributed by atoms with Crippen LogP contribution in [0.5, 0.6) is 11.5 Å². The zero-order valence-corrected chi connectivity index (χ0v) is 21.6. The van der Waals surface area contributed by atoms with Crippen molar-refractivity contribution in [3.8, 4) is 11.5 Å². The van der Waals surface area contributed by atoms with Gasteiger partial charge in [0.05, 0.1) is 0 Å². The van der Waals surface area contributed by atoms with Gasteiger partial charge in [0.25, 0.3) is 0 Å². The second kappa shape index (κ2) is 11.1. The summed E-state index contributed by atoms with van der Waals surface area (Å²) < 4.78 is 11.6. The highest BCUT2D eigenvalue weighted by atomic mass is 127. The Hall–Kier alpha value is -1.22. The number of nitrogens with zero attached hydrogens (tertiary/aromatic N) is 2. The number of rotatable bonds is 5. The number of benzene rings is 1. The molecule has 1 aromatic carbocycles. The first-order valence-corrected chi connectivity index (χ1v) is 11.7. The van der Waals surface area contributed by atoms with Crippen LogP contribution in [0.1, 0.15) is 57.9 Å². The minimum Gasteiger partial charge on any atom is -0.486 e. The molecule has 31 heavy (non-hydrogen) atoms. The summed E-state index contributed by atoms with van der Waals surface area (Å²) in [6.45, 7) is 9.06. The van der Waals surface area contributed by atoms with E-state index in [1.165, 1.54) is 44.1 Å². The smallest absolute Gasteiger partial charge is 0.191 e. The summed E-state index contributed by atoms with van der Waals surface area (Å²) >= 11 is 0. The maximum atomic E-state index is 5.86. The van der Waals surface area contributed by atoms with E-state index in [2.05, 4.69) is 52.6 Å². The predicted molar refractivity (Wildman–Crippen MR) is 137 cm³/mol. The van der Waals surface area contributed by atoms with Crippen LogP contribution in [0.3, 0.4) is 0 Å². The number of halogens is 1. The van der Waals surface area contributed by atoms with Gasteiger partial charge in [0.15, 0.2) is 17.5 Å². The van der Waals surface area contributed by atoms with Gasteiger partial charge in [-0.05, 0) is 57.2 Å². The molecule has 6 nitrogen and oxygen atoms in total. The lowest BCUT2D eigenvalue weighted by Gasteiger charge is -2.36. The van der Waals surface area contributed by atoms with Gasteiger partial charge >= 0.3 is 0 Å². The number of fused-ring (bicyclic) bond motifs is 1. The Morgan fingerprint density at radius 3 is 2.45 bits per heavy atom. The van der Waals surface area contributed by atoms with Gasteiger partial charge in [-0.3, -0.25) is 4.99 Å². The Bertz CT molecular complexity index is 741. The molecular formula is C24H39IN4O2. The van der Waals surface area contributed by atoms with Gasteiger partial charge in [-0.1, -0.05) is 18.9 Å². The number of likely N-dealkylation sites (tertiary alicyclic amines) is 1. The summed E-state index contributed by atoms with van der Waals surface area (Å²) in [5, 5.41) is 7.34. The van der Waals surface area contributed by atoms with Gasteiger partial charge < -0.3 is 25.0 Å². The van der Waals surface area contributed by atoms with Crippen molar-refractivity contribution in [1.82, 2.24) is 15.5 Å². The first kappa shape index (κ1) is 24.4. The molecule has 7 heteroatoms.